The Balaban J connectivity index is 1.88. The van der Waals surface area contributed by atoms with E-state index in [1.807, 2.05) is 6.07 Å². The van der Waals surface area contributed by atoms with E-state index in [0.717, 1.165) is 9.87 Å². The maximum Gasteiger partial charge on any atom is 0.331 e. The Kier molecular flexibility index (Phi) is 5.39. The number of hydrogen-bond acceptors (Lipinski definition) is 3. The molecule has 4 nitrogen and oxygen atoms in total. The lowest BCUT2D eigenvalue weighted by atomic mass is 10.1. The maximum atomic E-state index is 12.8. The molecule has 1 N–H and O–H groups in total. The van der Waals surface area contributed by atoms with Crippen molar-refractivity contribution < 1.29 is 9.18 Å². The van der Waals surface area contributed by atoms with Crippen molar-refractivity contribution in [1.29, 1.82) is 5.26 Å². The van der Waals surface area contributed by atoms with Gasteiger partial charge in [0.2, 0.25) is 0 Å². The summed E-state index contributed by atoms with van der Waals surface area (Å²) in [5.41, 5.74) is 1.90. The number of nitrogens with one attached hydrogen (secondary N) is 1. The minimum Gasteiger partial charge on any atom is -0.337 e. The number of carbonyl (C=O) groups is 1. The molecular weight excluding hydrogens is 301 g/mol. The van der Waals surface area contributed by atoms with Crippen molar-refractivity contribution in [3.05, 3.63) is 65.5 Å². The van der Waals surface area contributed by atoms with E-state index in [9.17, 15) is 9.18 Å². The number of nitriles is 1. The van der Waals surface area contributed by atoms with Gasteiger partial charge in [-0.05, 0) is 42.3 Å². The molecule has 2 amide bonds. The number of hydrogen-bond donors (Lipinski definition) is 2. The van der Waals surface area contributed by atoms with Crippen LogP contribution in [0.4, 0.5) is 14.9 Å². The van der Waals surface area contributed by atoms with E-state index in [1.54, 1.807) is 36.4 Å². The minimum absolute atomic E-state index is 0.285. The van der Waals surface area contributed by atoms with Gasteiger partial charge in [0.05, 0.1) is 17.3 Å². The van der Waals surface area contributed by atoms with Crippen molar-refractivity contribution in [2.75, 3.05) is 10.8 Å². The summed E-state index contributed by atoms with van der Waals surface area (Å²) >= 11 is 4.14. The first-order valence-electron chi connectivity index (χ1n) is 6.61. The number of amides is 2. The molecule has 0 aliphatic heterocycles. The van der Waals surface area contributed by atoms with Gasteiger partial charge in [0.1, 0.15) is 5.82 Å². The Labute approximate surface area is 133 Å². The molecule has 0 spiro atoms. The van der Waals surface area contributed by atoms with Gasteiger partial charge in [-0.3, -0.25) is 0 Å². The van der Waals surface area contributed by atoms with Gasteiger partial charge in [-0.25, -0.2) is 13.5 Å². The molecule has 0 saturated heterocycles. The minimum atomic E-state index is -0.388. The van der Waals surface area contributed by atoms with Crippen molar-refractivity contribution in [2.45, 2.75) is 6.42 Å². The highest BCUT2D eigenvalue weighted by Crippen LogP contribution is 2.17. The molecule has 0 fully saturated rings. The predicted octanol–water partition coefficient (Wildman–Crippen LogP) is 3.30. The lowest BCUT2D eigenvalue weighted by molar-refractivity contribution is 0.250. The Hall–Kier alpha value is -2.52. The van der Waals surface area contributed by atoms with E-state index < -0.39 is 0 Å². The lowest BCUT2D eigenvalue weighted by Crippen LogP contribution is -2.35. The Bertz CT molecular complexity index is 697. The summed E-state index contributed by atoms with van der Waals surface area (Å²) in [6, 6.07) is 14.3. The number of halogens is 1. The molecule has 0 radical (unpaired) electrons. The van der Waals surface area contributed by atoms with Crippen LogP contribution >= 0.6 is 12.8 Å². The van der Waals surface area contributed by atoms with Crippen LogP contribution in [0.5, 0.6) is 0 Å². The van der Waals surface area contributed by atoms with Gasteiger partial charge in [-0.15, -0.1) is 0 Å². The van der Waals surface area contributed by atoms with Crippen molar-refractivity contribution in [3.8, 4) is 6.07 Å². The Morgan fingerprint density at radius 3 is 2.68 bits per heavy atom. The topological polar surface area (TPSA) is 56.1 Å². The summed E-state index contributed by atoms with van der Waals surface area (Å²) in [6.07, 6.45) is 0.589. The van der Waals surface area contributed by atoms with Crippen LogP contribution in [0.2, 0.25) is 0 Å². The largest absolute Gasteiger partial charge is 0.337 e. The molecule has 2 aromatic rings. The van der Waals surface area contributed by atoms with E-state index in [4.69, 9.17) is 5.26 Å². The Morgan fingerprint density at radius 2 is 2.00 bits per heavy atom. The highest BCUT2D eigenvalue weighted by molar-refractivity contribution is 7.82. The summed E-state index contributed by atoms with van der Waals surface area (Å²) in [5, 5.41) is 11.6. The van der Waals surface area contributed by atoms with Gasteiger partial charge in [-0.1, -0.05) is 31.0 Å². The fourth-order valence-electron chi connectivity index (χ4n) is 1.86. The number of thiol groups is 1. The van der Waals surface area contributed by atoms with E-state index in [-0.39, 0.29) is 11.8 Å². The molecule has 2 rings (SSSR count). The smallest absolute Gasteiger partial charge is 0.331 e. The first kappa shape index (κ1) is 15.9. The van der Waals surface area contributed by atoms with Gasteiger partial charge in [0.15, 0.2) is 0 Å². The third-order valence-corrected chi connectivity index (χ3v) is 3.43. The predicted molar refractivity (Wildman–Crippen MR) is 86.1 cm³/mol. The average molecular weight is 315 g/mol. The van der Waals surface area contributed by atoms with Crippen LogP contribution in [0.3, 0.4) is 0 Å². The summed E-state index contributed by atoms with van der Waals surface area (Å²) in [4.78, 5) is 12.0. The molecule has 0 aromatic heterocycles. The van der Waals surface area contributed by atoms with E-state index in [2.05, 4.69) is 18.1 Å². The average Bonchev–Trinajstić information content (AvgIpc) is 2.56. The van der Waals surface area contributed by atoms with Gasteiger partial charge in [0, 0.05) is 6.54 Å². The van der Waals surface area contributed by atoms with Gasteiger partial charge in [0.25, 0.3) is 0 Å². The van der Waals surface area contributed by atoms with Crippen molar-refractivity contribution >= 4 is 24.5 Å². The quantitative estimate of drug-likeness (QED) is 0.851. The molecule has 0 aliphatic carbocycles. The zero-order chi connectivity index (χ0) is 15.9. The van der Waals surface area contributed by atoms with Crippen molar-refractivity contribution in [2.24, 2.45) is 0 Å². The molecule has 0 aliphatic rings. The van der Waals surface area contributed by atoms with Crippen molar-refractivity contribution in [1.82, 2.24) is 5.32 Å². The zero-order valence-corrected chi connectivity index (χ0v) is 12.6. The number of rotatable bonds is 4. The standard InChI is InChI=1S/C16H14FN3OS/c17-14-6-4-12(5-7-14)8-9-19-16(21)20(22)15-3-1-2-13(10-15)11-18/h1-7,10,22H,8-9H2,(H,19,21). The van der Waals surface area contributed by atoms with Crippen LogP contribution < -0.4 is 9.62 Å². The van der Waals surface area contributed by atoms with Crippen molar-refractivity contribution in [3.63, 3.8) is 0 Å². The van der Waals surface area contributed by atoms with Crippen LogP contribution in [0.15, 0.2) is 48.5 Å². The second-order valence-corrected chi connectivity index (χ2v) is 4.98. The second-order valence-electron chi connectivity index (χ2n) is 4.58. The number of anilines is 1. The highest BCUT2D eigenvalue weighted by Gasteiger charge is 2.11. The van der Waals surface area contributed by atoms with Gasteiger partial charge in [-0.2, -0.15) is 5.26 Å². The number of urea groups is 1. The number of carbonyl (C=O) groups excluding carboxylic acids is 1. The lowest BCUT2D eigenvalue weighted by Gasteiger charge is -2.16. The fourth-order valence-corrected chi connectivity index (χ4v) is 2.06. The van der Waals surface area contributed by atoms with Crippen LogP contribution in [-0.2, 0) is 6.42 Å². The van der Waals surface area contributed by atoms with E-state index in [1.165, 1.54) is 12.1 Å². The van der Waals surface area contributed by atoms with Crippen LogP contribution in [0, 0.1) is 17.1 Å². The van der Waals surface area contributed by atoms with Crippen LogP contribution in [0.1, 0.15) is 11.1 Å². The molecular formula is C16H14FN3OS. The molecule has 0 atom stereocenters. The first-order chi connectivity index (χ1) is 10.6. The monoisotopic (exact) mass is 315 g/mol. The SMILES string of the molecule is N#Cc1cccc(N(S)C(=O)NCCc2ccc(F)cc2)c1. The molecule has 22 heavy (non-hydrogen) atoms. The normalized spacial score (nSPS) is 9.86. The summed E-state index contributed by atoms with van der Waals surface area (Å²) in [7, 11) is 0. The zero-order valence-electron chi connectivity index (χ0n) is 11.7. The Morgan fingerprint density at radius 1 is 1.27 bits per heavy atom. The summed E-state index contributed by atoms with van der Waals surface area (Å²) in [5.74, 6) is -0.285. The van der Waals surface area contributed by atoms with Gasteiger partial charge >= 0.3 is 6.03 Å². The summed E-state index contributed by atoms with van der Waals surface area (Å²) in [6.45, 7) is 0.402. The molecule has 6 heteroatoms. The van der Waals surface area contributed by atoms with Gasteiger partial charge < -0.3 is 5.32 Å². The van der Waals surface area contributed by atoms with E-state index >= 15 is 0 Å². The first-order valence-corrected chi connectivity index (χ1v) is 7.01. The number of benzene rings is 2. The number of nitrogens with zero attached hydrogens (tertiary/aromatic N) is 2. The van der Waals surface area contributed by atoms with Crippen LogP contribution in [0.25, 0.3) is 0 Å². The molecule has 0 heterocycles. The third kappa shape index (κ3) is 4.24. The van der Waals surface area contributed by atoms with E-state index in [0.29, 0.717) is 24.2 Å². The fraction of sp³-hybridized carbons (Fsp3) is 0.125. The maximum absolute atomic E-state index is 12.8. The molecule has 0 unspecified atom stereocenters. The molecule has 0 bridgehead atoms. The van der Waals surface area contributed by atoms with Crippen LogP contribution in [-0.4, -0.2) is 12.6 Å². The highest BCUT2D eigenvalue weighted by atomic mass is 32.1. The molecule has 0 saturated carbocycles. The molecule has 2 aromatic carbocycles. The summed E-state index contributed by atoms with van der Waals surface area (Å²) < 4.78 is 13.9. The molecule has 112 valence electrons. The third-order valence-electron chi connectivity index (χ3n) is 3.02. The second kappa shape index (κ2) is 7.48.